The van der Waals surface area contributed by atoms with E-state index in [2.05, 4.69) is 4.98 Å². The van der Waals surface area contributed by atoms with Gasteiger partial charge in [0.2, 0.25) is 5.91 Å². The molecular weight excluding hydrogens is 346 g/mol. The molecule has 4 rings (SSSR count). The Morgan fingerprint density at radius 2 is 1.96 bits per heavy atom. The molecule has 3 heterocycles. The summed E-state index contributed by atoms with van der Waals surface area (Å²) in [6, 6.07) is 5.58. The molecule has 0 spiro atoms. The number of amides is 1. The number of piperidine rings is 1. The lowest BCUT2D eigenvalue weighted by molar-refractivity contribution is -0.137. The van der Waals surface area contributed by atoms with Gasteiger partial charge in [0.05, 0.1) is 30.4 Å². The number of hydrogen-bond acceptors (Lipinski definition) is 5. The van der Waals surface area contributed by atoms with E-state index in [9.17, 15) is 9.59 Å². The first-order valence-corrected chi connectivity index (χ1v) is 9.59. The highest BCUT2D eigenvalue weighted by molar-refractivity contribution is 5.80. The van der Waals surface area contributed by atoms with Crippen LogP contribution in [0.15, 0.2) is 29.3 Å². The standard InChI is InChI=1S/C20H25N3O4/c1-14-3-2-4-16-18(14)21-13-23(19(16)25)10-7-17(24)22-8-5-15(6-9-22)20-26-11-12-27-20/h2-4,13,15,20H,5-12H2,1H3. The lowest BCUT2D eigenvalue weighted by Crippen LogP contribution is -2.42. The summed E-state index contributed by atoms with van der Waals surface area (Å²) in [7, 11) is 0. The highest BCUT2D eigenvalue weighted by Gasteiger charge is 2.31. The molecule has 0 bridgehead atoms. The fourth-order valence-corrected chi connectivity index (χ4v) is 3.94. The van der Waals surface area contributed by atoms with Crippen LogP contribution in [0.4, 0.5) is 0 Å². The first kappa shape index (κ1) is 18.1. The number of ether oxygens (including phenoxy) is 2. The Bertz CT molecular complexity index is 880. The highest BCUT2D eigenvalue weighted by atomic mass is 16.7. The molecule has 2 aromatic rings. The van der Waals surface area contributed by atoms with Gasteiger partial charge in [0, 0.05) is 32.0 Å². The molecular formula is C20H25N3O4. The molecule has 0 N–H and O–H groups in total. The number of hydrogen-bond donors (Lipinski definition) is 0. The second kappa shape index (κ2) is 7.78. The van der Waals surface area contributed by atoms with Crippen molar-refractivity contribution in [2.75, 3.05) is 26.3 Å². The molecule has 144 valence electrons. The zero-order valence-electron chi connectivity index (χ0n) is 15.6. The number of rotatable bonds is 4. The minimum atomic E-state index is -0.104. The van der Waals surface area contributed by atoms with Crippen LogP contribution in [-0.4, -0.2) is 53.0 Å². The van der Waals surface area contributed by atoms with Crippen LogP contribution in [0.2, 0.25) is 0 Å². The molecule has 1 aromatic carbocycles. The van der Waals surface area contributed by atoms with Gasteiger partial charge in [-0.25, -0.2) is 4.98 Å². The third-order valence-corrected chi connectivity index (χ3v) is 5.55. The van der Waals surface area contributed by atoms with Crippen molar-refractivity contribution in [1.29, 1.82) is 0 Å². The van der Waals surface area contributed by atoms with Crippen LogP contribution in [0, 0.1) is 12.8 Å². The van der Waals surface area contributed by atoms with Crippen LogP contribution < -0.4 is 5.56 Å². The maximum Gasteiger partial charge on any atom is 0.261 e. The zero-order chi connectivity index (χ0) is 18.8. The van der Waals surface area contributed by atoms with Crippen LogP contribution in [-0.2, 0) is 20.8 Å². The van der Waals surface area contributed by atoms with Gasteiger partial charge < -0.3 is 14.4 Å². The molecule has 7 nitrogen and oxygen atoms in total. The average Bonchev–Trinajstić information content (AvgIpc) is 3.23. The second-order valence-electron chi connectivity index (χ2n) is 7.29. The number of benzene rings is 1. The minimum Gasteiger partial charge on any atom is -0.350 e. The molecule has 0 atom stereocenters. The predicted molar refractivity (Wildman–Crippen MR) is 100 cm³/mol. The van der Waals surface area contributed by atoms with Crippen molar-refractivity contribution in [2.45, 2.75) is 39.0 Å². The molecule has 2 fully saturated rings. The van der Waals surface area contributed by atoms with E-state index in [0.717, 1.165) is 37.0 Å². The molecule has 27 heavy (non-hydrogen) atoms. The van der Waals surface area contributed by atoms with Crippen LogP contribution >= 0.6 is 0 Å². The SMILES string of the molecule is Cc1cccc2c(=O)n(CCC(=O)N3CCC(C4OCCO4)CC3)cnc12. The van der Waals surface area contributed by atoms with E-state index in [1.807, 2.05) is 24.0 Å². The van der Waals surface area contributed by atoms with E-state index in [1.54, 1.807) is 12.4 Å². The van der Waals surface area contributed by atoms with Crippen molar-refractivity contribution < 1.29 is 14.3 Å². The molecule has 0 saturated carbocycles. The molecule has 2 aliphatic heterocycles. The fraction of sp³-hybridized carbons (Fsp3) is 0.550. The number of fused-ring (bicyclic) bond motifs is 1. The molecule has 1 amide bonds. The van der Waals surface area contributed by atoms with Crippen molar-refractivity contribution >= 4 is 16.8 Å². The monoisotopic (exact) mass is 371 g/mol. The third-order valence-electron chi connectivity index (χ3n) is 5.55. The summed E-state index contributed by atoms with van der Waals surface area (Å²) < 4.78 is 12.7. The van der Waals surface area contributed by atoms with Gasteiger partial charge in [-0.05, 0) is 31.4 Å². The Morgan fingerprint density at radius 3 is 2.70 bits per heavy atom. The van der Waals surface area contributed by atoms with E-state index in [4.69, 9.17) is 9.47 Å². The number of likely N-dealkylation sites (tertiary alicyclic amines) is 1. The number of aryl methyl sites for hydroxylation is 2. The van der Waals surface area contributed by atoms with Gasteiger partial charge in [-0.2, -0.15) is 0 Å². The lowest BCUT2D eigenvalue weighted by Gasteiger charge is -2.34. The maximum absolute atomic E-state index is 12.6. The van der Waals surface area contributed by atoms with Crippen molar-refractivity contribution in [3.8, 4) is 0 Å². The van der Waals surface area contributed by atoms with Gasteiger partial charge in [-0.1, -0.05) is 12.1 Å². The van der Waals surface area contributed by atoms with Crippen LogP contribution in [0.25, 0.3) is 10.9 Å². The number of para-hydroxylation sites is 1. The zero-order valence-corrected chi connectivity index (χ0v) is 15.6. The van der Waals surface area contributed by atoms with Crippen LogP contribution in [0.1, 0.15) is 24.8 Å². The van der Waals surface area contributed by atoms with E-state index in [0.29, 0.717) is 37.5 Å². The smallest absolute Gasteiger partial charge is 0.261 e. The fourth-order valence-electron chi connectivity index (χ4n) is 3.94. The quantitative estimate of drug-likeness (QED) is 0.818. The number of nitrogens with zero attached hydrogens (tertiary/aromatic N) is 3. The average molecular weight is 371 g/mol. The first-order valence-electron chi connectivity index (χ1n) is 9.59. The topological polar surface area (TPSA) is 73.7 Å². The Labute approximate surface area is 157 Å². The van der Waals surface area contributed by atoms with Gasteiger partial charge >= 0.3 is 0 Å². The largest absolute Gasteiger partial charge is 0.350 e. The molecule has 2 aliphatic rings. The van der Waals surface area contributed by atoms with Crippen LogP contribution in [0.5, 0.6) is 0 Å². The van der Waals surface area contributed by atoms with E-state index in [1.165, 1.54) is 4.57 Å². The minimum absolute atomic E-state index is 0.0814. The van der Waals surface area contributed by atoms with Crippen molar-refractivity contribution in [1.82, 2.24) is 14.5 Å². The van der Waals surface area contributed by atoms with Gasteiger partial charge in [-0.15, -0.1) is 0 Å². The van der Waals surface area contributed by atoms with E-state index in [-0.39, 0.29) is 17.8 Å². The summed E-state index contributed by atoms with van der Waals surface area (Å²) in [5.41, 5.74) is 1.61. The van der Waals surface area contributed by atoms with Gasteiger partial charge in [0.1, 0.15) is 0 Å². The summed E-state index contributed by atoms with van der Waals surface area (Å²) in [5.74, 6) is 0.449. The molecule has 0 unspecified atom stereocenters. The number of aromatic nitrogens is 2. The van der Waals surface area contributed by atoms with Crippen LogP contribution in [0.3, 0.4) is 0 Å². The Hall–Kier alpha value is -2.25. The lowest BCUT2D eigenvalue weighted by atomic mass is 9.96. The predicted octanol–water partition coefficient (Wildman–Crippen LogP) is 1.71. The Balaban J connectivity index is 1.35. The Kier molecular flexibility index (Phi) is 5.22. The number of carbonyl (C=O) groups excluding carboxylic acids is 1. The third kappa shape index (κ3) is 3.75. The van der Waals surface area contributed by atoms with E-state index < -0.39 is 0 Å². The van der Waals surface area contributed by atoms with Crippen molar-refractivity contribution in [3.63, 3.8) is 0 Å². The van der Waals surface area contributed by atoms with Crippen molar-refractivity contribution in [2.24, 2.45) is 5.92 Å². The molecule has 2 saturated heterocycles. The maximum atomic E-state index is 12.6. The summed E-state index contributed by atoms with van der Waals surface area (Å²) in [4.78, 5) is 31.5. The van der Waals surface area contributed by atoms with E-state index >= 15 is 0 Å². The first-order chi connectivity index (χ1) is 13.1. The Morgan fingerprint density at radius 1 is 1.22 bits per heavy atom. The summed E-state index contributed by atoms with van der Waals surface area (Å²) >= 11 is 0. The summed E-state index contributed by atoms with van der Waals surface area (Å²) in [6.45, 7) is 5.06. The summed E-state index contributed by atoms with van der Waals surface area (Å²) in [5, 5.41) is 0.599. The molecule has 7 heteroatoms. The second-order valence-corrected chi connectivity index (χ2v) is 7.29. The highest BCUT2D eigenvalue weighted by Crippen LogP contribution is 2.26. The summed E-state index contributed by atoms with van der Waals surface area (Å²) in [6.07, 6.45) is 3.54. The van der Waals surface area contributed by atoms with Gasteiger partial charge in [0.25, 0.3) is 5.56 Å². The molecule has 0 radical (unpaired) electrons. The normalized spacial score (nSPS) is 19.1. The molecule has 0 aliphatic carbocycles. The van der Waals surface area contributed by atoms with Gasteiger partial charge in [0.15, 0.2) is 6.29 Å². The van der Waals surface area contributed by atoms with Crippen molar-refractivity contribution in [3.05, 3.63) is 40.4 Å². The number of carbonyl (C=O) groups is 1. The van der Waals surface area contributed by atoms with Gasteiger partial charge in [-0.3, -0.25) is 14.2 Å². The molecule has 1 aromatic heterocycles.